The lowest BCUT2D eigenvalue weighted by atomic mass is 10.0. The number of aromatic nitrogens is 4. The zero-order chi connectivity index (χ0) is 28.5. The number of aromatic amines is 1. The number of ether oxygens (including phenoxy) is 1. The van der Waals surface area contributed by atoms with E-state index >= 15 is 0 Å². The van der Waals surface area contributed by atoms with Gasteiger partial charge in [0.25, 0.3) is 0 Å². The summed E-state index contributed by atoms with van der Waals surface area (Å²) in [6.45, 7) is 15.6. The van der Waals surface area contributed by atoms with Crippen LogP contribution in [0.5, 0.6) is 6.01 Å². The van der Waals surface area contributed by atoms with Crippen LogP contribution in [0.1, 0.15) is 36.1 Å². The molecule has 2 atom stereocenters. The van der Waals surface area contributed by atoms with Gasteiger partial charge in [-0.05, 0) is 51.4 Å². The number of fused-ring (bicyclic) bond motifs is 2. The third-order valence-corrected chi connectivity index (χ3v) is 8.92. The van der Waals surface area contributed by atoms with E-state index in [-0.39, 0.29) is 6.04 Å². The van der Waals surface area contributed by atoms with Gasteiger partial charge in [0.05, 0.1) is 48.2 Å². The number of piperazine rings is 1. The molecule has 1 unspecified atom stereocenters. The normalized spacial score (nSPS) is 21.1. The van der Waals surface area contributed by atoms with Crippen LogP contribution in [-0.4, -0.2) is 88.4 Å². The lowest BCUT2D eigenvalue weighted by molar-refractivity contribution is 0.187. The molecule has 6 rings (SSSR count). The highest BCUT2D eigenvalue weighted by atomic mass is 16.5. The van der Waals surface area contributed by atoms with Gasteiger partial charge in [-0.15, -0.1) is 0 Å². The second-order valence-corrected chi connectivity index (χ2v) is 11.4. The van der Waals surface area contributed by atoms with Crippen molar-refractivity contribution in [2.45, 2.75) is 51.2 Å². The summed E-state index contributed by atoms with van der Waals surface area (Å²) in [5.74, 6) is 0.938. The molecule has 2 saturated heterocycles. The maximum atomic E-state index is 9.59. The van der Waals surface area contributed by atoms with Crippen molar-refractivity contribution in [1.29, 1.82) is 5.26 Å². The fourth-order valence-electron chi connectivity index (χ4n) is 6.60. The van der Waals surface area contributed by atoms with E-state index in [2.05, 4.69) is 75.1 Å². The van der Waals surface area contributed by atoms with Crippen LogP contribution in [-0.2, 0) is 13.0 Å². The Kier molecular flexibility index (Phi) is 7.54. The van der Waals surface area contributed by atoms with E-state index in [1.54, 1.807) is 6.08 Å². The van der Waals surface area contributed by atoms with Gasteiger partial charge in [0.1, 0.15) is 12.4 Å². The van der Waals surface area contributed by atoms with Crippen molar-refractivity contribution >= 4 is 22.4 Å². The molecule has 41 heavy (non-hydrogen) atoms. The summed E-state index contributed by atoms with van der Waals surface area (Å²) < 4.78 is 6.32. The minimum absolute atomic E-state index is 0.0158. The van der Waals surface area contributed by atoms with Crippen molar-refractivity contribution in [2.75, 3.05) is 56.2 Å². The standard InChI is InChI=1S/C31H39N9O/c1-5-22(3)40-16-15-39(18-24(40)10-12-32)30-26-11-14-38(29-21(2)8-9-23-17-33-36-28(23)29)19-27(26)34-31(35-30)41-20-25-7-6-13-37(25)4/h5,8-9,17,24-25H,1,3,6-7,10-11,13-16,18-20H2,2,4H3,(H,33,36)/t24?,25-/m0/s1. The third kappa shape index (κ3) is 5.22. The molecule has 10 heteroatoms. The van der Waals surface area contributed by atoms with E-state index in [1.807, 2.05) is 6.20 Å². The lowest BCUT2D eigenvalue weighted by Crippen LogP contribution is -2.53. The Morgan fingerprint density at radius 2 is 2.07 bits per heavy atom. The van der Waals surface area contributed by atoms with Crippen LogP contribution in [0.25, 0.3) is 10.9 Å². The van der Waals surface area contributed by atoms with Gasteiger partial charge in [0, 0.05) is 48.9 Å². The van der Waals surface area contributed by atoms with Gasteiger partial charge in [-0.25, -0.2) is 0 Å². The molecule has 0 saturated carbocycles. The maximum absolute atomic E-state index is 9.59. The number of likely N-dealkylation sites (N-methyl/N-ethyl adjacent to an activating group) is 1. The molecule has 1 aromatic carbocycles. The first-order chi connectivity index (χ1) is 20.0. The summed E-state index contributed by atoms with van der Waals surface area (Å²) in [5, 5.41) is 18.2. The molecule has 0 spiro atoms. The van der Waals surface area contributed by atoms with E-state index < -0.39 is 0 Å². The summed E-state index contributed by atoms with van der Waals surface area (Å²) in [6, 6.07) is 7.47. The fraction of sp³-hybridized carbons (Fsp3) is 0.484. The molecule has 3 aliphatic rings. The van der Waals surface area contributed by atoms with Crippen molar-refractivity contribution in [3.63, 3.8) is 0 Å². The van der Waals surface area contributed by atoms with Gasteiger partial charge in [-0.1, -0.05) is 25.3 Å². The molecule has 1 N–H and O–H groups in total. The molecule has 5 heterocycles. The van der Waals surface area contributed by atoms with Crippen LogP contribution >= 0.6 is 0 Å². The van der Waals surface area contributed by atoms with Crippen LogP contribution < -0.4 is 14.5 Å². The number of rotatable bonds is 8. The number of benzene rings is 1. The number of hydrogen-bond donors (Lipinski definition) is 1. The lowest BCUT2D eigenvalue weighted by Gasteiger charge is -2.43. The zero-order valence-electron chi connectivity index (χ0n) is 24.1. The smallest absolute Gasteiger partial charge is 0.318 e. The minimum Gasteiger partial charge on any atom is -0.462 e. The van der Waals surface area contributed by atoms with E-state index in [0.29, 0.717) is 38.2 Å². The van der Waals surface area contributed by atoms with Gasteiger partial charge < -0.3 is 24.3 Å². The molecule has 214 valence electrons. The van der Waals surface area contributed by atoms with Crippen molar-refractivity contribution < 1.29 is 4.74 Å². The summed E-state index contributed by atoms with van der Waals surface area (Å²) in [5.41, 5.74) is 6.47. The Morgan fingerprint density at radius 1 is 1.20 bits per heavy atom. The van der Waals surface area contributed by atoms with Crippen molar-refractivity contribution in [3.8, 4) is 12.1 Å². The van der Waals surface area contributed by atoms with Crippen molar-refractivity contribution in [3.05, 3.63) is 60.1 Å². The number of aryl methyl sites for hydroxylation is 1. The monoisotopic (exact) mass is 553 g/mol. The van der Waals surface area contributed by atoms with E-state index in [1.165, 1.54) is 23.2 Å². The molecule has 3 aliphatic heterocycles. The molecule has 2 aromatic heterocycles. The summed E-state index contributed by atoms with van der Waals surface area (Å²) in [4.78, 5) is 19.3. The Labute approximate surface area is 241 Å². The van der Waals surface area contributed by atoms with Crippen LogP contribution in [0.4, 0.5) is 11.5 Å². The zero-order valence-corrected chi connectivity index (χ0v) is 24.1. The number of likely N-dealkylation sites (tertiary alicyclic amines) is 1. The first kappa shape index (κ1) is 27.1. The van der Waals surface area contributed by atoms with Gasteiger partial charge in [-0.2, -0.15) is 20.3 Å². The highest BCUT2D eigenvalue weighted by Gasteiger charge is 2.33. The van der Waals surface area contributed by atoms with Crippen LogP contribution in [0.15, 0.2) is 43.3 Å². The second-order valence-electron chi connectivity index (χ2n) is 11.4. The molecule has 0 aliphatic carbocycles. The maximum Gasteiger partial charge on any atom is 0.318 e. The quantitative estimate of drug-likeness (QED) is 0.418. The average Bonchev–Trinajstić information content (AvgIpc) is 3.63. The predicted molar refractivity (Wildman–Crippen MR) is 161 cm³/mol. The Balaban J connectivity index is 1.34. The molecule has 0 radical (unpaired) electrons. The average molecular weight is 554 g/mol. The number of nitrogens with zero attached hydrogens (tertiary/aromatic N) is 8. The minimum atomic E-state index is 0.0158. The Morgan fingerprint density at radius 3 is 2.85 bits per heavy atom. The number of anilines is 2. The molecular weight excluding hydrogens is 514 g/mol. The largest absolute Gasteiger partial charge is 0.462 e. The molecular formula is C31H39N9O. The van der Waals surface area contributed by atoms with Gasteiger partial charge in [0.2, 0.25) is 0 Å². The van der Waals surface area contributed by atoms with E-state index in [9.17, 15) is 5.26 Å². The third-order valence-electron chi connectivity index (χ3n) is 8.92. The van der Waals surface area contributed by atoms with Gasteiger partial charge in [0.15, 0.2) is 0 Å². The topological polar surface area (TPSA) is 100 Å². The summed E-state index contributed by atoms with van der Waals surface area (Å²) in [6.07, 6.45) is 7.20. The van der Waals surface area contributed by atoms with Crippen LogP contribution in [0.2, 0.25) is 0 Å². The molecule has 10 nitrogen and oxygen atoms in total. The van der Waals surface area contributed by atoms with E-state index in [0.717, 1.165) is 67.1 Å². The highest BCUT2D eigenvalue weighted by Crippen LogP contribution is 2.36. The predicted octanol–water partition coefficient (Wildman–Crippen LogP) is 3.80. The second kappa shape index (κ2) is 11.4. The van der Waals surface area contributed by atoms with E-state index in [4.69, 9.17) is 14.7 Å². The summed E-state index contributed by atoms with van der Waals surface area (Å²) >= 11 is 0. The molecule has 3 aromatic rings. The molecule has 2 fully saturated rings. The number of allylic oxidation sites excluding steroid dienone is 1. The highest BCUT2D eigenvalue weighted by molar-refractivity contribution is 5.92. The number of nitrogens with one attached hydrogen (secondary N) is 1. The first-order valence-corrected chi connectivity index (χ1v) is 14.6. The van der Waals surface area contributed by atoms with Crippen LogP contribution in [0.3, 0.4) is 0 Å². The SMILES string of the molecule is C=CC(=C)N1CCN(c2nc(OC[C@@H]3CCCN3C)nc3c2CCN(c2c(C)ccc4cn[nH]c24)C3)CC1CC#N. The fourth-order valence-corrected chi connectivity index (χ4v) is 6.60. The van der Waals surface area contributed by atoms with Crippen molar-refractivity contribution in [1.82, 2.24) is 30.0 Å². The van der Waals surface area contributed by atoms with Crippen molar-refractivity contribution in [2.24, 2.45) is 0 Å². The molecule has 0 amide bonds. The number of H-pyrrole nitrogens is 1. The Hall–Kier alpha value is -4.10. The van der Waals surface area contributed by atoms with Gasteiger partial charge >= 0.3 is 6.01 Å². The molecule has 0 bridgehead atoms. The van der Waals surface area contributed by atoms with Gasteiger partial charge in [-0.3, -0.25) is 5.10 Å². The number of nitriles is 1. The Bertz CT molecular complexity index is 1490. The number of hydrogen-bond acceptors (Lipinski definition) is 9. The summed E-state index contributed by atoms with van der Waals surface area (Å²) in [7, 11) is 2.16. The first-order valence-electron chi connectivity index (χ1n) is 14.6. The van der Waals surface area contributed by atoms with Crippen LogP contribution in [0, 0.1) is 18.3 Å².